The van der Waals surface area contributed by atoms with E-state index in [1.54, 1.807) is 6.92 Å². The van der Waals surface area contributed by atoms with Crippen LogP contribution < -0.4 is 42.0 Å². The standard InChI is InChI=1S/C66H96N10O15.3ClH/c1-38-36-76-58(59(38)83)63(87)69-35-47(78)32-49(68-34-40-10-13-42(14-11-40)43-15-17-45(18-16-43)73-26-28-74(29-27-73)46-20-23-66(91-4,24-21-46)44-8-6-5-7-9-44)60(84)70-55(39(2)77)64(88)75-37-48(79)33-50(75)61(85)71-56(62(86)72-57(65(76)89)52(81)22-25-67)53(82)30-41-12-19-51(80)54(31-41)90-3;;;/h10-19,31,38-39,44,46-50,52-53,55-59,68,77-83H,5-9,20-30,32-37,67H2,1-4H3,(H,69,87)(H,70,84)(H,71,85)(H,72,86);3*1H/t38-,39+,46?,47+,48+,49-,50-,52+,53+,55-,56-,57-,58-,59-,66?;;;/m0.../s1. The van der Waals surface area contributed by atoms with Crippen LogP contribution in [0, 0.1) is 11.8 Å². The van der Waals surface area contributed by atoms with Gasteiger partial charge in [-0.15, -0.1) is 37.2 Å². The molecule has 3 aromatic rings. The quantitative estimate of drug-likeness (QED) is 0.0952. The highest BCUT2D eigenvalue weighted by molar-refractivity contribution is 5.98. The molecule has 13 atom stereocenters. The average Bonchev–Trinajstić information content (AvgIpc) is 1.37. The van der Waals surface area contributed by atoms with Crippen molar-refractivity contribution in [3.8, 4) is 22.6 Å². The molecule has 0 radical (unpaired) electrons. The highest BCUT2D eigenvalue weighted by atomic mass is 35.5. The minimum Gasteiger partial charge on any atom is -0.504 e. The minimum atomic E-state index is -1.98. The monoisotopic (exact) mass is 1380 g/mol. The van der Waals surface area contributed by atoms with Crippen LogP contribution in [0.4, 0.5) is 5.69 Å². The number of aromatic hydroxyl groups is 1. The third-order valence-electron chi connectivity index (χ3n) is 20.1. The molecule has 4 heterocycles. The van der Waals surface area contributed by atoms with Crippen molar-refractivity contribution in [2.45, 2.75) is 188 Å². The smallest absolute Gasteiger partial charge is 0.248 e. The summed E-state index contributed by atoms with van der Waals surface area (Å²) in [5.41, 5.74) is 10.0. The molecule has 4 aliphatic heterocycles. The molecule has 0 unspecified atom stereocenters. The Labute approximate surface area is 568 Å². The Bertz CT molecular complexity index is 2980. The van der Waals surface area contributed by atoms with Gasteiger partial charge in [-0.25, -0.2) is 0 Å². The molecule has 14 N–H and O–H groups in total. The van der Waals surface area contributed by atoms with E-state index in [1.165, 1.54) is 77.2 Å². The molecule has 0 spiro atoms. The number of nitrogens with zero attached hydrogens (tertiary/aromatic N) is 4. The number of carbonyl (C=O) groups excluding carboxylic acids is 6. The summed E-state index contributed by atoms with van der Waals surface area (Å²) in [6.07, 6.45) is 0.367. The summed E-state index contributed by atoms with van der Waals surface area (Å²) in [6, 6.07) is 10.8. The number of anilines is 1. The minimum absolute atomic E-state index is 0. The number of phenolic OH excluding ortho intramolecular Hbond substituents is 1. The first-order chi connectivity index (χ1) is 43.6. The Hall–Kier alpha value is -5.65. The highest BCUT2D eigenvalue weighted by Crippen LogP contribution is 2.45. The molecule has 2 saturated carbocycles. The van der Waals surface area contributed by atoms with Gasteiger partial charge in [0.1, 0.15) is 30.2 Å². The van der Waals surface area contributed by atoms with Gasteiger partial charge in [-0.3, -0.25) is 33.7 Å². The van der Waals surface area contributed by atoms with Crippen LogP contribution in [-0.2, 0) is 46.5 Å². The fourth-order valence-corrected chi connectivity index (χ4v) is 14.6. The SMILES string of the molecule is COc1cc(C[C@@H](O)[C@@H]2NC(=O)[C@@H]3C[C@@H](O)CN3C(=O)[C@H]([C@@H](C)O)NC(=O)[C@@H](NCc3ccc(-c4ccc(N5CCN(C6CCC(OC)(C7CCCCC7)CC6)CC5)cc4)cc3)C[C@@H](O)CNC(=O)[C@@H]3[C@@H](O)[C@@H](C)CN3C(=O)[C@H]([C@H](O)CCN)NC2=O)ccc1O.Cl.Cl.Cl. The number of piperazine rings is 1. The fourth-order valence-electron chi connectivity index (χ4n) is 14.6. The predicted molar refractivity (Wildman–Crippen MR) is 359 cm³/mol. The normalized spacial score (nSPS) is 29.9. The lowest BCUT2D eigenvalue weighted by atomic mass is 9.68. The van der Waals surface area contributed by atoms with Crippen molar-refractivity contribution in [3.63, 3.8) is 0 Å². The van der Waals surface area contributed by atoms with Crippen molar-refractivity contribution >= 4 is 78.4 Å². The van der Waals surface area contributed by atoms with Crippen LogP contribution in [0.5, 0.6) is 11.5 Å². The number of ether oxygens (including phenoxy) is 2. The number of halogens is 3. The van der Waals surface area contributed by atoms with Crippen molar-refractivity contribution in [1.29, 1.82) is 0 Å². The van der Waals surface area contributed by atoms with Crippen molar-refractivity contribution in [2.75, 3.05) is 71.5 Å². The van der Waals surface area contributed by atoms with E-state index in [2.05, 4.69) is 60.6 Å². The lowest BCUT2D eigenvalue weighted by Crippen LogP contribution is -2.64. The maximum atomic E-state index is 14.7. The molecule has 0 bridgehead atoms. The molecule has 524 valence electrons. The van der Waals surface area contributed by atoms with Crippen LogP contribution in [0.1, 0.15) is 102 Å². The molecule has 25 nitrogen and oxygen atoms in total. The van der Waals surface area contributed by atoms with E-state index in [0.29, 0.717) is 17.5 Å². The van der Waals surface area contributed by atoms with Gasteiger partial charge in [-0.2, -0.15) is 0 Å². The summed E-state index contributed by atoms with van der Waals surface area (Å²) in [7, 11) is 3.22. The lowest BCUT2D eigenvalue weighted by molar-refractivity contribution is -0.147. The van der Waals surface area contributed by atoms with E-state index < -0.39 is 127 Å². The second kappa shape index (κ2) is 35.0. The number of carbonyl (C=O) groups is 6. The van der Waals surface area contributed by atoms with Crippen LogP contribution in [0.15, 0.2) is 66.7 Å². The van der Waals surface area contributed by atoms with E-state index in [4.69, 9.17) is 15.2 Å². The summed E-state index contributed by atoms with van der Waals surface area (Å²) in [5, 5.41) is 92.1. The van der Waals surface area contributed by atoms with E-state index in [-0.39, 0.29) is 99.6 Å². The van der Waals surface area contributed by atoms with Gasteiger partial charge in [0.15, 0.2) is 11.5 Å². The number of aliphatic hydroxyl groups excluding tert-OH is 6. The van der Waals surface area contributed by atoms with Gasteiger partial charge < -0.3 is 92.2 Å². The summed E-state index contributed by atoms with van der Waals surface area (Å²) < 4.78 is 11.5. The number of aliphatic hydroxyl groups is 6. The first-order valence-electron chi connectivity index (χ1n) is 32.5. The van der Waals surface area contributed by atoms with Crippen molar-refractivity contribution < 1.29 is 74.0 Å². The van der Waals surface area contributed by atoms with Crippen LogP contribution >= 0.6 is 37.2 Å². The number of amides is 6. The van der Waals surface area contributed by atoms with Gasteiger partial charge >= 0.3 is 0 Å². The molecule has 0 aromatic heterocycles. The summed E-state index contributed by atoms with van der Waals surface area (Å²) in [6.45, 7) is 5.43. The Kier molecular flexibility index (Phi) is 28.8. The molecule has 94 heavy (non-hydrogen) atoms. The first-order valence-corrected chi connectivity index (χ1v) is 32.5. The second-order valence-electron chi connectivity index (χ2n) is 26.1. The van der Waals surface area contributed by atoms with E-state index >= 15 is 0 Å². The fraction of sp³-hybridized carbons (Fsp3) is 0.636. The number of nitrogens with two attached hydrogens (primary N) is 1. The Morgan fingerprint density at radius 3 is 1.90 bits per heavy atom. The van der Waals surface area contributed by atoms with E-state index in [0.717, 1.165) is 71.2 Å². The number of hydrogen-bond donors (Lipinski definition) is 13. The zero-order chi connectivity index (χ0) is 65.3. The zero-order valence-electron chi connectivity index (χ0n) is 54.1. The van der Waals surface area contributed by atoms with Gasteiger partial charge in [-0.05, 0) is 117 Å². The number of rotatable bonds is 16. The van der Waals surface area contributed by atoms with Gasteiger partial charge in [-0.1, -0.05) is 68.7 Å². The van der Waals surface area contributed by atoms with Gasteiger partial charge in [0.05, 0.1) is 55.4 Å². The highest BCUT2D eigenvalue weighted by Gasteiger charge is 2.50. The van der Waals surface area contributed by atoms with Gasteiger partial charge in [0, 0.05) is 90.0 Å². The number of benzene rings is 3. The first kappa shape index (κ1) is 77.4. The predicted octanol–water partition coefficient (Wildman–Crippen LogP) is 1.02. The molecule has 6 aliphatic rings. The molecule has 3 aromatic carbocycles. The number of fused-ring (bicyclic) bond motifs is 2. The molecule has 2 aliphatic carbocycles. The van der Waals surface area contributed by atoms with Crippen molar-refractivity contribution in [2.24, 2.45) is 17.6 Å². The molecule has 6 amide bonds. The maximum Gasteiger partial charge on any atom is 0.248 e. The summed E-state index contributed by atoms with van der Waals surface area (Å²) >= 11 is 0. The molecule has 9 rings (SSSR count). The third kappa shape index (κ3) is 18.3. The van der Waals surface area contributed by atoms with Gasteiger partial charge in [0.2, 0.25) is 35.4 Å². The summed E-state index contributed by atoms with van der Waals surface area (Å²) in [4.78, 5) is 94.3. The molecular weight excluding hydrogens is 1280 g/mol. The largest absolute Gasteiger partial charge is 0.504 e. The van der Waals surface area contributed by atoms with E-state index in [1.807, 2.05) is 31.4 Å². The Morgan fingerprint density at radius 1 is 0.681 bits per heavy atom. The molecular formula is C66H99Cl3N10O15. The van der Waals surface area contributed by atoms with Crippen LogP contribution in [-0.4, -0.2) is 237 Å². The number of phenols is 1. The maximum absolute atomic E-state index is 14.7. The number of hydrogen-bond acceptors (Lipinski definition) is 19. The van der Waals surface area contributed by atoms with Crippen molar-refractivity contribution in [1.82, 2.24) is 41.3 Å². The number of nitrogens with one attached hydrogen (secondary N) is 5. The molecule has 6 fully saturated rings. The molecule has 28 heteroatoms. The number of methoxy groups -OCH3 is 2. The van der Waals surface area contributed by atoms with Crippen LogP contribution in [0.25, 0.3) is 11.1 Å². The summed E-state index contributed by atoms with van der Waals surface area (Å²) in [5.74, 6) is -6.34. The Balaban J connectivity index is 0.00000467. The molecule has 4 saturated heterocycles. The van der Waals surface area contributed by atoms with E-state index in [9.17, 15) is 64.5 Å². The Morgan fingerprint density at radius 2 is 1.29 bits per heavy atom. The topological polar surface area (TPSA) is 362 Å². The van der Waals surface area contributed by atoms with Crippen LogP contribution in [0.2, 0.25) is 0 Å². The van der Waals surface area contributed by atoms with Crippen LogP contribution in [0.3, 0.4) is 0 Å². The number of β-amino-alcohol motifs (C(OH)–C–C–N with tert-alkyl or cyclic N) is 1. The average molecular weight is 1380 g/mol. The van der Waals surface area contributed by atoms with Crippen molar-refractivity contribution in [3.05, 3.63) is 77.9 Å². The second-order valence-corrected chi connectivity index (χ2v) is 26.1. The zero-order valence-corrected chi connectivity index (χ0v) is 56.5. The lowest BCUT2D eigenvalue weighted by Gasteiger charge is -2.49. The van der Waals surface area contributed by atoms with Gasteiger partial charge in [0.25, 0.3) is 0 Å². The third-order valence-corrected chi connectivity index (χ3v) is 20.1.